The second kappa shape index (κ2) is 8.82. The molecule has 0 unspecified atom stereocenters. The molecule has 0 spiro atoms. The predicted octanol–water partition coefficient (Wildman–Crippen LogP) is 3.91. The number of carbonyl (C=O) groups is 1. The fourth-order valence-electron chi connectivity index (χ4n) is 2.08. The van der Waals surface area contributed by atoms with Crippen LogP contribution in [0.15, 0.2) is 33.9 Å². The van der Waals surface area contributed by atoms with E-state index in [0.29, 0.717) is 22.6 Å². The van der Waals surface area contributed by atoms with Gasteiger partial charge in [0.2, 0.25) is 11.8 Å². The molecule has 24 heavy (non-hydrogen) atoms. The van der Waals surface area contributed by atoms with Crippen LogP contribution in [0.25, 0.3) is 11.5 Å². The Balaban J connectivity index is 1.80. The molecule has 0 aliphatic rings. The van der Waals surface area contributed by atoms with Crippen molar-refractivity contribution in [3.63, 3.8) is 0 Å². The van der Waals surface area contributed by atoms with E-state index >= 15 is 0 Å². The molecule has 1 heterocycles. The molecule has 130 valence electrons. The van der Waals surface area contributed by atoms with Crippen LogP contribution >= 0.6 is 11.8 Å². The minimum Gasteiger partial charge on any atom is -0.411 e. The third-order valence-electron chi connectivity index (χ3n) is 3.41. The largest absolute Gasteiger partial charge is 0.411 e. The van der Waals surface area contributed by atoms with Gasteiger partial charge in [0, 0.05) is 11.6 Å². The monoisotopic (exact) mass is 351 g/mol. The lowest BCUT2D eigenvalue weighted by Gasteiger charge is -2.14. The summed E-state index contributed by atoms with van der Waals surface area (Å²) in [6, 6.07) is 5.95. The van der Waals surface area contributed by atoms with Crippen LogP contribution < -0.4 is 5.32 Å². The molecule has 0 fully saturated rings. The van der Waals surface area contributed by atoms with E-state index in [-0.39, 0.29) is 23.5 Å². The molecule has 0 radical (unpaired) electrons. The topological polar surface area (TPSA) is 68.0 Å². The van der Waals surface area contributed by atoms with Crippen LogP contribution in [0.1, 0.15) is 33.6 Å². The molecule has 1 aromatic heterocycles. The SMILES string of the molecule is CC(C)CC[C@@H](C)NC(=O)CSc1nnc(-c2ccc(F)cc2)o1. The first-order valence-corrected chi connectivity index (χ1v) is 8.94. The molecule has 0 saturated heterocycles. The number of amides is 1. The van der Waals surface area contributed by atoms with Gasteiger partial charge in [0.25, 0.3) is 5.22 Å². The van der Waals surface area contributed by atoms with Gasteiger partial charge in [0.15, 0.2) is 0 Å². The van der Waals surface area contributed by atoms with E-state index in [0.717, 1.165) is 12.8 Å². The summed E-state index contributed by atoms with van der Waals surface area (Å²) in [6.07, 6.45) is 2.04. The van der Waals surface area contributed by atoms with Crippen molar-refractivity contribution >= 4 is 17.7 Å². The predicted molar refractivity (Wildman–Crippen MR) is 92.1 cm³/mol. The summed E-state index contributed by atoms with van der Waals surface area (Å²) >= 11 is 1.19. The Morgan fingerprint density at radius 2 is 1.92 bits per heavy atom. The summed E-state index contributed by atoms with van der Waals surface area (Å²) < 4.78 is 18.4. The van der Waals surface area contributed by atoms with Gasteiger partial charge in [-0.05, 0) is 49.9 Å². The van der Waals surface area contributed by atoms with Gasteiger partial charge in [-0.25, -0.2) is 4.39 Å². The van der Waals surface area contributed by atoms with Gasteiger partial charge >= 0.3 is 0 Å². The van der Waals surface area contributed by atoms with Crippen molar-refractivity contribution in [3.05, 3.63) is 30.1 Å². The summed E-state index contributed by atoms with van der Waals surface area (Å²) in [5, 5.41) is 11.1. The Kier molecular flexibility index (Phi) is 6.78. The molecule has 1 atom stereocenters. The van der Waals surface area contributed by atoms with Gasteiger partial charge in [-0.15, -0.1) is 10.2 Å². The first-order valence-electron chi connectivity index (χ1n) is 7.95. The maximum Gasteiger partial charge on any atom is 0.277 e. The van der Waals surface area contributed by atoms with Crippen molar-refractivity contribution in [2.24, 2.45) is 5.92 Å². The number of benzene rings is 1. The van der Waals surface area contributed by atoms with E-state index in [1.165, 1.54) is 23.9 Å². The van der Waals surface area contributed by atoms with Crippen molar-refractivity contribution < 1.29 is 13.6 Å². The van der Waals surface area contributed by atoms with Gasteiger partial charge < -0.3 is 9.73 Å². The highest BCUT2D eigenvalue weighted by molar-refractivity contribution is 7.99. The Morgan fingerprint density at radius 1 is 1.21 bits per heavy atom. The highest BCUT2D eigenvalue weighted by Crippen LogP contribution is 2.23. The number of aromatic nitrogens is 2. The van der Waals surface area contributed by atoms with Crippen LogP contribution in [0.3, 0.4) is 0 Å². The van der Waals surface area contributed by atoms with Crippen LogP contribution in [-0.2, 0) is 4.79 Å². The minimum atomic E-state index is -0.323. The van der Waals surface area contributed by atoms with Gasteiger partial charge in [0.05, 0.1) is 5.75 Å². The van der Waals surface area contributed by atoms with E-state index in [2.05, 4.69) is 29.4 Å². The van der Waals surface area contributed by atoms with E-state index in [9.17, 15) is 9.18 Å². The van der Waals surface area contributed by atoms with Crippen molar-refractivity contribution in [2.75, 3.05) is 5.75 Å². The quantitative estimate of drug-likeness (QED) is 0.730. The fourth-order valence-corrected chi connectivity index (χ4v) is 2.65. The van der Waals surface area contributed by atoms with Crippen LogP contribution in [0.2, 0.25) is 0 Å². The summed E-state index contributed by atoms with van der Waals surface area (Å²) in [7, 11) is 0. The number of nitrogens with zero attached hydrogens (tertiary/aromatic N) is 2. The molecule has 5 nitrogen and oxygen atoms in total. The Morgan fingerprint density at radius 3 is 2.58 bits per heavy atom. The second-order valence-corrected chi connectivity index (χ2v) is 7.04. The molecule has 2 aromatic rings. The van der Waals surface area contributed by atoms with Crippen LogP contribution in [-0.4, -0.2) is 27.9 Å². The lowest BCUT2D eigenvalue weighted by Crippen LogP contribution is -2.34. The molecule has 1 aromatic carbocycles. The number of hydrogen-bond donors (Lipinski definition) is 1. The first-order chi connectivity index (χ1) is 11.4. The maximum atomic E-state index is 12.9. The number of thioether (sulfide) groups is 1. The zero-order valence-corrected chi connectivity index (χ0v) is 14.9. The fraction of sp³-hybridized carbons (Fsp3) is 0.471. The molecule has 0 saturated carbocycles. The van der Waals surface area contributed by atoms with E-state index < -0.39 is 0 Å². The van der Waals surface area contributed by atoms with Crippen LogP contribution in [0.5, 0.6) is 0 Å². The van der Waals surface area contributed by atoms with Crippen molar-refractivity contribution in [3.8, 4) is 11.5 Å². The van der Waals surface area contributed by atoms with Crippen molar-refractivity contribution in [1.29, 1.82) is 0 Å². The molecule has 0 aliphatic heterocycles. The average molecular weight is 351 g/mol. The lowest BCUT2D eigenvalue weighted by atomic mass is 10.0. The molecule has 2 rings (SSSR count). The Hall–Kier alpha value is -1.89. The van der Waals surface area contributed by atoms with Gasteiger partial charge in [-0.1, -0.05) is 25.6 Å². The molecular weight excluding hydrogens is 329 g/mol. The lowest BCUT2D eigenvalue weighted by molar-refractivity contribution is -0.119. The highest BCUT2D eigenvalue weighted by Gasteiger charge is 2.13. The number of rotatable bonds is 8. The Labute approximate surface area is 145 Å². The summed E-state index contributed by atoms with van der Waals surface area (Å²) in [5.74, 6) is 0.774. The van der Waals surface area contributed by atoms with E-state index in [1.54, 1.807) is 12.1 Å². The average Bonchev–Trinajstić information content (AvgIpc) is 3.00. The zero-order chi connectivity index (χ0) is 17.5. The molecule has 0 aliphatic carbocycles. The number of halogens is 1. The molecular formula is C17H22FN3O2S. The minimum absolute atomic E-state index is 0.0576. The summed E-state index contributed by atoms with van der Waals surface area (Å²) in [6.45, 7) is 6.33. The molecule has 1 amide bonds. The Bertz CT molecular complexity index is 658. The van der Waals surface area contributed by atoms with Crippen LogP contribution in [0, 0.1) is 11.7 Å². The van der Waals surface area contributed by atoms with E-state index in [1.807, 2.05) is 6.92 Å². The summed E-state index contributed by atoms with van der Waals surface area (Å²) in [5.41, 5.74) is 0.641. The van der Waals surface area contributed by atoms with E-state index in [4.69, 9.17) is 4.42 Å². The van der Waals surface area contributed by atoms with Gasteiger partial charge in [0.1, 0.15) is 5.82 Å². The second-order valence-electron chi connectivity index (χ2n) is 6.11. The van der Waals surface area contributed by atoms with Gasteiger partial charge in [-0.2, -0.15) is 0 Å². The summed E-state index contributed by atoms with van der Waals surface area (Å²) in [4.78, 5) is 11.9. The third-order valence-corrected chi connectivity index (χ3v) is 4.23. The van der Waals surface area contributed by atoms with Crippen molar-refractivity contribution in [2.45, 2.75) is 44.9 Å². The zero-order valence-electron chi connectivity index (χ0n) is 14.1. The van der Waals surface area contributed by atoms with Crippen molar-refractivity contribution in [1.82, 2.24) is 15.5 Å². The van der Waals surface area contributed by atoms with Gasteiger partial charge in [-0.3, -0.25) is 4.79 Å². The molecule has 0 bridgehead atoms. The number of hydrogen-bond acceptors (Lipinski definition) is 5. The normalized spacial score (nSPS) is 12.4. The molecule has 1 N–H and O–H groups in total. The maximum absolute atomic E-state index is 12.9. The highest BCUT2D eigenvalue weighted by atomic mass is 32.2. The standard InChI is InChI=1S/C17H22FN3O2S/c1-11(2)4-5-12(3)19-15(22)10-24-17-21-20-16(23-17)13-6-8-14(18)9-7-13/h6-9,11-12H,4-5,10H2,1-3H3,(H,19,22)/t12-/m1/s1. The number of nitrogens with one attached hydrogen (secondary N) is 1. The van der Waals surface area contributed by atoms with Crippen LogP contribution in [0.4, 0.5) is 4.39 Å². The molecule has 7 heteroatoms. The first kappa shape index (κ1) is 18.4. The smallest absolute Gasteiger partial charge is 0.277 e. The third kappa shape index (κ3) is 5.96. The number of carbonyl (C=O) groups excluding carboxylic acids is 1.